The van der Waals surface area contributed by atoms with Crippen molar-refractivity contribution in [1.82, 2.24) is 15.2 Å². The number of hydrogen-bond donors (Lipinski definition) is 2. The molecule has 178 valence electrons. The van der Waals surface area contributed by atoms with Crippen molar-refractivity contribution in [2.24, 2.45) is 0 Å². The number of aryl methyl sites for hydroxylation is 1. The van der Waals surface area contributed by atoms with Gasteiger partial charge in [0.05, 0.1) is 5.52 Å². The molecule has 0 spiro atoms. The first-order valence-electron chi connectivity index (χ1n) is 12.5. The van der Waals surface area contributed by atoms with E-state index in [1.807, 2.05) is 18.2 Å². The summed E-state index contributed by atoms with van der Waals surface area (Å²) in [6.45, 7) is 9.18. The molecule has 2 aliphatic rings. The Morgan fingerprint density at radius 2 is 1.82 bits per heavy atom. The van der Waals surface area contributed by atoms with E-state index >= 15 is 0 Å². The second-order valence-electron chi connectivity index (χ2n) is 9.35. The van der Waals surface area contributed by atoms with Crippen LogP contribution in [0.4, 0.5) is 11.5 Å². The summed E-state index contributed by atoms with van der Waals surface area (Å²) in [6, 6.07) is 8.42. The van der Waals surface area contributed by atoms with Crippen molar-refractivity contribution in [3.8, 4) is 0 Å². The van der Waals surface area contributed by atoms with Crippen LogP contribution in [-0.4, -0.2) is 60.5 Å². The van der Waals surface area contributed by atoms with Gasteiger partial charge in [0.25, 0.3) is 0 Å². The number of piperidine rings is 1. The standard InChI is InChI=1S/C26H37N5O2/c1-3-30-15-7-8-21(30)18-27-25(32)11-12-26(33)28-20-9-10-23-22(17-20)19(2)16-24(29-23)31-13-5-4-6-14-31/h9-10,16-17,21H,3-8,11-15,18H2,1-2H3,(H,27,32)(H,28,33). The average molecular weight is 452 g/mol. The molecule has 2 N–H and O–H groups in total. The Balaban J connectivity index is 1.29. The Labute approximate surface area is 196 Å². The Kier molecular flexibility index (Phi) is 7.81. The molecule has 33 heavy (non-hydrogen) atoms. The first kappa shape index (κ1) is 23.5. The molecular formula is C26H37N5O2. The molecule has 1 aromatic heterocycles. The summed E-state index contributed by atoms with van der Waals surface area (Å²) in [5.41, 5.74) is 2.85. The number of pyridine rings is 1. The molecule has 0 bridgehead atoms. The van der Waals surface area contributed by atoms with Crippen molar-refractivity contribution >= 4 is 34.2 Å². The van der Waals surface area contributed by atoms with Crippen LogP contribution in [0.1, 0.15) is 57.4 Å². The summed E-state index contributed by atoms with van der Waals surface area (Å²) in [6.07, 6.45) is 6.45. The van der Waals surface area contributed by atoms with Crippen molar-refractivity contribution < 1.29 is 9.59 Å². The fraction of sp³-hybridized carbons (Fsp3) is 0.577. The lowest BCUT2D eigenvalue weighted by atomic mass is 10.1. The largest absolute Gasteiger partial charge is 0.357 e. The number of carbonyl (C=O) groups excluding carboxylic acids is 2. The van der Waals surface area contributed by atoms with Gasteiger partial charge in [0.15, 0.2) is 0 Å². The van der Waals surface area contributed by atoms with Crippen LogP contribution in [0.2, 0.25) is 0 Å². The van der Waals surface area contributed by atoms with Gasteiger partial charge in [0.2, 0.25) is 11.8 Å². The van der Waals surface area contributed by atoms with Gasteiger partial charge in [-0.25, -0.2) is 4.98 Å². The number of likely N-dealkylation sites (tertiary alicyclic amines) is 1. The van der Waals surface area contributed by atoms with E-state index < -0.39 is 0 Å². The van der Waals surface area contributed by atoms with E-state index in [-0.39, 0.29) is 24.7 Å². The average Bonchev–Trinajstić information content (AvgIpc) is 3.30. The van der Waals surface area contributed by atoms with Gasteiger partial charge < -0.3 is 15.5 Å². The van der Waals surface area contributed by atoms with Gasteiger partial charge in [-0.1, -0.05) is 6.92 Å². The number of aromatic nitrogens is 1. The SMILES string of the molecule is CCN1CCCC1CNC(=O)CCC(=O)Nc1ccc2nc(N3CCCCC3)cc(C)c2c1. The van der Waals surface area contributed by atoms with E-state index in [1.165, 1.54) is 25.7 Å². The van der Waals surface area contributed by atoms with Crippen LogP contribution < -0.4 is 15.5 Å². The number of benzene rings is 1. The zero-order valence-corrected chi connectivity index (χ0v) is 20.0. The van der Waals surface area contributed by atoms with Gasteiger partial charge in [0, 0.05) is 49.6 Å². The topological polar surface area (TPSA) is 77.6 Å². The summed E-state index contributed by atoms with van der Waals surface area (Å²) >= 11 is 0. The third-order valence-electron chi connectivity index (χ3n) is 6.99. The second-order valence-corrected chi connectivity index (χ2v) is 9.35. The van der Waals surface area contributed by atoms with Gasteiger partial charge in [0.1, 0.15) is 5.82 Å². The lowest BCUT2D eigenvalue weighted by molar-refractivity contribution is -0.124. The summed E-state index contributed by atoms with van der Waals surface area (Å²) in [4.78, 5) is 34.3. The van der Waals surface area contributed by atoms with Crippen molar-refractivity contribution in [3.63, 3.8) is 0 Å². The molecule has 0 saturated carbocycles. The quantitative estimate of drug-likeness (QED) is 0.637. The van der Waals surface area contributed by atoms with E-state index in [4.69, 9.17) is 4.98 Å². The van der Waals surface area contributed by atoms with Crippen LogP contribution in [0.25, 0.3) is 10.9 Å². The Morgan fingerprint density at radius 1 is 1.03 bits per heavy atom. The van der Waals surface area contributed by atoms with E-state index in [2.05, 4.69) is 40.3 Å². The number of rotatable bonds is 8. The van der Waals surface area contributed by atoms with Gasteiger partial charge >= 0.3 is 0 Å². The Morgan fingerprint density at radius 3 is 2.61 bits per heavy atom. The lowest BCUT2D eigenvalue weighted by Crippen LogP contribution is -2.40. The fourth-order valence-corrected chi connectivity index (χ4v) is 5.05. The third-order valence-corrected chi connectivity index (χ3v) is 6.99. The highest BCUT2D eigenvalue weighted by molar-refractivity contribution is 5.96. The fourth-order valence-electron chi connectivity index (χ4n) is 5.05. The molecule has 4 rings (SSSR count). The van der Waals surface area contributed by atoms with E-state index in [9.17, 15) is 9.59 Å². The van der Waals surface area contributed by atoms with Crippen molar-refractivity contribution in [2.45, 2.75) is 64.8 Å². The molecule has 3 heterocycles. The molecule has 2 aromatic rings. The van der Waals surface area contributed by atoms with Crippen LogP contribution in [0, 0.1) is 6.92 Å². The molecule has 7 nitrogen and oxygen atoms in total. The van der Waals surface area contributed by atoms with E-state index in [1.54, 1.807) is 0 Å². The first-order valence-corrected chi connectivity index (χ1v) is 12.5. The normalized spacial score (nSPS) is 19.1. The van der Waals surface area contributed by atoms with Crippen LogP contribution in [-0.2, 0) is 9.59 Å². The van der Waals surface area contributed by atoms with Crippen LogP contribution in [0.3, 0.4) is 0 Å². The summed E-state index contributed by atoms with van der Waals surface area (Å²) in [5, 5.41) is 6.99. The van der Waals surface area contributed by atoms with Gasteiger partial charge in [-0.2, -0.15) is 0 Å². The van der Waals surface area contributed by atoms with Gasteiger partial charge in [-0.15, -0.1) is 0 Å². The van der Waals surface area contributed by atoms with Crippen LogP contribution >= 0.6 is 0 Å². The highest BCUT2D eigenvalue weighted by Gasteiger charge is 2.23. The smallest absolute Gasteiger partial charge is 0.224 e. The molecule has 1 aromatic carbocycles. The number of anilines is 2. The molecule has 7 heteroatoms. The Hall–Kier alpha value is -2.67. The van der Waals surface area contributed by atoms with Crippen LogP contribution in [0.15, 0.2) is 24.3 Å². The number of likely N-dealkylation sites (N-methyl/N-ethyl adjacent to an activating group) is 1. The highest BCUT2D eigenvalue weighted by Crippen LogP contribution is 2.27. The van der Waals surface area contributed by atoms with E-state index in [0.717, 1.165) is 60.6 Å². The molecule has 2 saturated heterocycles. The van der Waals surface area contributed by atoms with Crippen molar-refractivity contribution in [3.05, 3.63) is 29.8 Å². The summed E-state index contributed by atoms with van der Waals surface area (Å²) in [5.74, 6) is 0.843. The minimum absolute atomic E-state index is 0.0584. The zero-order valence-electron chi connectivity index (χ0n) is 20.0. The number of carbonyl (C=O) groups is 2. The maximum atomic E-state index is 12.4. The number of nitrogens with one attached hydrogen (secondary N) is 2. The zero-order chi connectivity index (χ0) is 23.2. The van der Waals surface area contributed by atoms with Gasteiger partial charge in [-0.3, -0.25) is 14.5 Å². The van der Waals surface area contributed by atoms with Crippen LogP contribution in [0.5, 0.6) is 0 Å². The molecular weight excluding hydrogens is 414 g/mol. The number of hydrogen-bond acceptors (Lipinski definition) is 5. The molecule has 2 fully saturated rings. The molecule has 2 amide bonds. The molecule has 2 aliphatic heterocycles. The molecule has 0 radical (unpaired) electrons. The van der Waals surface area contributed by atoms with Gasteiger partial charge in [-0.05, 0) is 81.9 Å². The maximum absolute atomic E-state index is 12.4. The van der Waals surface area contributed by atoms with E-state index in [0.29, 0.717) is 12.6 Å². The minimum atomic E-state index is -0.142. The molecule has 0 aliphatic carbocycles. The molecule has 1 unspecified atom stereocenters. The highest BCUT2D eigenvalue weighted by atomic mass is 16.2. The molecule has 1 atom stereocenters. The predicted molar refractivity (Wildman–Crippen MR) is 134 cm³/mol. The number of amides is 2. The summed E-state index contributed by atoms with van der Waals surface area (Å²) in [7, 11) is 0. The second kappa shape index (κ2) is 11.0. The monoisotopic (exact) mass is 451 g/mol. The summed E-state index contributed by atoms with van der Waals surface area (Å²) < 4.78 is 0. The number of nitrogens with zero attached hydrogens (tertiary/aromatic N) is 3. The number of fused-ring (bicyclic) bond motifs is 1. The van der Waals surface area contributed by atoms with Crippen molar-refractivity contribution in [2.75, 3.05) is 42.9 Å². The lowest BCUT2D eigenvalue weighted by Gasteiger charge is -2.28. The Bertz CT molecular complexity index is 986. The predicted octanol–water partition coefficient (Wildman–Crippen LogP) is 3.85. The first-order chi connectivity index (χ1) is 16.0. The third kappa shape index (κ3) is 6.02. The van der Waals surface area contributed by atoms with Crippen molar-refractivity contribution in [1.29, 1.82) is 0 Å². The maximum Gasteiger partial charge on any atom is 0.224 e. The minimum Gasteiger partial charge on any atom is -0.357 e.